The van der Waals surface area contributed by atoms with E-state index in [0.717, 1.165) is 19.3 Å². The van der Waals surface area contributed by atoms with Crippen LogP contribution in [-0.2, 0) is 32.5 Å². The topological polar surface area (TPSA) is 6.48 Å². The highest BCUT2D eigenvalue weighted by Crippen LogP contribution is 2.55. The van der Waals surface area contributed by atoms with Crippen molar-refractivity contribution in [3.8, 4) is 22.3 Å². The highest BCUT2D eigenvalue weighted by molar-refractivity contribution is 7.26. The van der Waals surface area contributed by atoms with E-state index >= 15 is 0 Å². The second-order valence-electron chi connectivity index (χ2n) is 28.4. The summed E-state index contributed by atoms with van der Waals surface area (Å²) in [6, 6.07) is 58.2. The van der Waals surface area contributed by atoms with Gasteiger partial charge >= 0.3 is 0 Å². The summed E-state index contributed by atoms with van der Waals surface area (Å²) in [5.74, 6) is 0. The Hall–Kier alpha value is -6.36. The second kappa shape index (κ2) is 16.8. The predicted octanol–water partition coefficient (Wildman–Crippen LogP) is 19.1. The summed E-state index contributed by atoms with van der Waals surface area (Å²) < 4.78 is 2.70. The van der Waals surface area contributed by atoms with Crippen LogP contribution in [0.1, 0.15) is 162 Å². The summed E-state index contributed by atoms with van der Waals surface area (Å²) in [5, 5.41) is 2.66. The minimum Gasteiger partial charge on any atom is -0.311 e. The van der Waals surface area contributed by atoms with Gasteiger partial charge in [0.2, 0.25) is 0 Å². The fourth-order valence-corrected chi connectivity index (χ4v) is 15.3. The quantitative estimate of drug-likeness (QED) is 0.162. The van der Waals surface area contributed by atoms with E-state index in [4.69, 9.17) is 0 Å². The zero-order valence-corrected chi connectivity index (χ0v) is 49.4. The number of nitrogens with zero attached hydrogens (tertiary/aromatic N) is 2. The molecule has 13 rings (SSSR count). The number of hydrogen-bond donors (Lipinski definition) is 0. The van der Waals surface area contributed by atoms with E-state index in [1.165, 1.54) is 138 Å². The molecule has 0 fully saturated rings. The Morgan fingerprint density at radius 1 is 0.416 bits per heavy atom. The third kappa shape index (κ3) is 7.84. The number of anilines is 6. The first kappa shape index (κ1) is 50.2. The molecule has 388 valence electrons. The van der Waals surface area contributed by atoms with Crippen molar-refractivity contribution in [1.82, 2.24) is 0 Å². The minimum atomic E-state index is -0.0467. The van der Waals surface area contributed by atoms with Gasteiger partial charge in [-0.05, 0) is 198 Å². The normalized spacial score (nSPS) is 17.7. The van der Waals surface area contributed by atoms with E-state index in [-0.39, 0.29) is 39.2 Å². The van der Waals surface area contributed by atoms with Crippen molar-refractivity contribution in [2.24, 2.45) is 0 Å². The zero-order valence-electron chi connectivity index (χ0n) is 48.6. The van der Waals surface area contributed by atoms with Crippen LogP contribution >= 0.6 is 11.3 Å². The molecule has 2 aliphatic heterocycles. The Morgan fingerprint density at radius 2 is 0.961 bits per heavy atom. The van der Waals surface area contributed by atoms with Gasteiger partial charge < -0.3 is 9.80 Å². The maximum Gasteiger partial charge on any atom is 0.252 e. The molecule has 0 saturated carbocycles. The Labute approximate surface area is 464 Å². The average molecular weight is 1030 g/mol. The van der Waals surface area contributed by atoms with Crippen LogP contribution in [0.15, 0.2) is 146 Å². The third-order valence-corrected chi connectivity index (χ3v) is 20.4. The van der Waals surface area contributed by atoms with E-state index < -0.39 is 0 Å². The van der Waals surface area contributed by atoms with Crippen molar-refractivity contribution in [3.63, 3.8) is 0 Å². The number of rotatable bonds is 4. The molecule has 8 aromatic carbocycles. The van der Waals surface area contributed by atoms with Crippen LogP contribution in [0, 0.1) is 6.92 Å². The summed E-state index contributed by atoms with van der Waals surface area (Å²) >= 11 is 1.97. The smallest absolute Gasteiger partial charge is 0.252 e. The monoisotopic (exact) mass is 1020 g/mol. The van der Waals surface area contributed by atoms with Crippen molar-refractivity contribution in [1.29, 1.82) is 0 Å². The molecular weight excluding hydrogens is 948 g/mol. The maximum absolute atomic E-state index is 2.73. The average Bonchev–Trinajstić information content (AvgIpc) is 3.79. The van der Waals surface area contributed by atoms with E-state index in [0.29, 0.717) is 0 Å². The number of thiophene rings is 1. The molecule has 4 heteroatoms. The lowest BCUT2D eigenvalue weighted by molar-refractivity contribution is 0.332. The second-order valence-corrected chi connectivity index (χ2v) is 29.5. The molecule has 3 heterocycles. The summed E-state index contributed by atoms with van der Waals surface area (Å²) in [4.78, 5) is 5.44. The van der Waals surface area contributed by atoms with Crippen molar-refractivity contribution < 1.29 is 0 Å². The van der Waals surface area contributed by atoms with E-state index in [9.17, 15) is 0 Å². The van der Waals surface area contributed by atoms with Crippen LogP contribution in [0.2, 0.25) is 0 Å². The van der Waals surface area contributed by atoms with Gasteiger partial charge in [0.15, 0.2) is 0 Å². The highest BCUT2D eigenvalue weighted by Gasteiger charge is 2.48. The van der Waals surface area contributed by atoms with Crippen molar-refractivity contribution >= 4 is 88.7 Å². The van der Waals surface area contributed by atoms with Gasteiger partial charge in [-0.15, -0.1) is 11.3 Å². The van der Waals surface area contributed by atoms with E-state index in [1.54, 1.807) is 0 Å². The summed E-state index contributed by atoms with van der Waals surface area (Å²) in [5.41, 5.74) is 26.8. The van der Waals surface area contributed by atoms with Crippen LogP contribution < -0.4 is 26.2 Å². The standard InChI is InChI=1S/C73H77BN2S/c1-44-21-19-20-24-50(44)46-35-63-67-64(36-46)76(60-30-26-47(68(2,3)4)37-52(60)45-22-17-16-18-23-45)61-40-53-51-28-25-48(69(5,6)7)38-65(51)77-66(53)43-59(61)74(67)58-41-56-57(73(14,15)34-33-72(56,12)13)42-62(58)75(63)49-27-29-54-55(39-49)71(10,11)32-31-70(54,8)9/h16-30,35-43H,31-34H2,1-15H3. The van der Waals surface area contributed by atoms with Gasteiger partial charge in [-0.3, -0.25) is 0 Å². The van der Waals surface area contributed by atoms with E-state index in [1.807, 2.05) is 11.3 Å². The first-order chi connectivity index (χ1) is 36.3. The molecule has 0 saturated heterocycles. The maximum atomic E-state index is 2.73. The Balaban J connectivity index is 1.21. The van der Waals surface area contributed by atoms with Crippen LogP contribution in [0.25, 0.3) is 42.4 Å². The van der Waals surface area contributed by atoms with Crippen LogP contribution in [0.5, 0.6) is 0 Å². The number of hydrogen-bond acceptors (Lipinski definition) is 3. The SMILES string of the molecule is Cc1ccccc1-c1cc2c3c(c1)N(c1ccc(C(C)(C)C)cc1-c1ccccc1)c1cc4c(cc1B3c1cc3c(cc1N2c1ccc2c(c1)C(C)(C)CCC2(C)C)C(C)(C)CCC3(C)C)sc1cc(C(C)(C)C)ccc14. The Kier molecular flexibility index (Phi) is 11.0. The number of aryl methyl sites for hydroxylation is 1. The molecular formula is C73H77BN2S. The van der Waals surface area contributed by atoms with Crippen molar-refractivity contribution in [3.05, 3.63) is 185 Å². The molecule has 2 nitrogen and oxygen atoms in total. The molecule has 0 amide bonds. The molecule has 0 N–H and O–H groups in total. The lowest BCUT2D eigenvalue weighted by Gasteiger charge is -2.48. The van der Waals surface area contributed by atoms with Gasteiger partial charge in [-0.1, -0.05) is 182 Å². The largest absolute Gasteiger partial charge is 0.311 e. The summed E-state index contributed by atoms with van der Waals surface area (Å²) in [6.45, 7) is 36.2. The minimum absolute atomic E-state index is 0.0192. The molecule has 9 aromatic rings. The predicted molar refractivity (Wildman–Crippen MR) is 337 cm³/mol. The molecule has 77 heavy (non-hydrogen) atoms. The summed E-state index contributed by atoms with van der Waals surface area (Å²) in [6.07, 6.45) is 4.67. The van der Waals surface area contributed by atoms with Crippen LogP contribution in [0.3, 0.4) is 0 Å². The first-order valence-electron chi connectivity index (χ1n) is 28.7. The van der Waals surface area contributed by atoms with Gasteiger partial charge in [0.25, 0.3) is 6.71 Å². The van der Waals surface area contributed by atoms with E-state index in [2.05, 4.69) is 259 Å². The van der Waals surface area contributed by atoms with Crippen molar-refractivity contribution in [2.75, 3.05) is 9.80 Å². The molecule has 0 spiro atoms. The lowest BCUT2D eigenvalue weighted by atomic mass is 9.33. The zero-order chi connectivity index (χ0) is 54.1. The Bertz CT molecular complexity index is 3920. The van der Waals surface area contributed by atoms with Gasteiger partial charge in [-0.25, -0.2) is 0 Å². The molecule has 0 bridgehead atoms. The molecule has 1 aromatic heterocycles. The molecule has 2 aliphatic carbocycles. The molecule has 0 unspecified atom stereocenters. The fourth-order valence-electron chi connectivity index (χ4n) is 14.1. The van der Waals surface area contributed by atoms with Crippen molar-refractivity contribution in [2.45, 2.75) is 162 Å². The van der Waals surface area contributed by atoms with Crippen LogP contribution in [0.4, 0.5) is 34.1 Å². The highest BCUT2D eigenvalue weighted by atomic mass is 32.1. The molecule has 0 atom stereocenters. The Morgan fingerprint density at radius 3 is 1.62 bits per heavy atom. The molecule has 0 radical (unpaired) electrons. The van der Waals surface area contributed by atoms with Crippen LogP contribution in [-0.4, -0.2) is 6.71 Å². The summed E-state index contributed by atoms with van der Waals surface area (Å²) in [7, 11) is 0. The van der Waals surface area contributed by atoms with Gasteiger partial charge in [0.05, 0.1) is 5.69 Å². The fraction of sp³-hybridized carbons (Fsp3) is 0.342. The van der Waals surface area contributed by atoms with Gasteiger partial charge in [-0.2, -0.15) is 0 Å². The first-order valence-corrected chi connectivity index (χ1v) is 29.5. The van der Waals surface area contributed by atoms with Gasteiger partial charge in [0, 0.05) is 54.2 Å². The number of benzene rings is 8. The van der Waals surface area contributed by atoms with Gasteiger partial charge in [0.1, 0.15) is 0 Å². The third-order valence-electron chi connectivity index (χ3n) is 19.2. The number of fused-ring (bicyclic) bond motifs is 9. The molecule has 4 aliphatic rings. The lowest BCUT2D eigenvalue weighted by Crippen LogP contribution is -2.62.